The van der Waals surface area contributed by atoms with Crippen LogP contribution >= 0.6 is 11.6 Å². The summed E-state index contributed by atoms with van der Waals surface area (Å²) in [5.74, 6) is -1.06. The summed E-state index contributed by atoms with van der Waals surface area (Å²) in [6.07, 6.45) is 0. The topological polar surface area (TPSA) is 78.4 Å². The van der Waals surface area contributed by atoms with Crippen LogP contribution in [0.3, 0.4) is 0 Å². The molecule has 0 heterocycles. The van der Waals surface area contributed by atoms with Crippen LogP contribution in [-0.4, -0.2) is 23.1 Å². The van der Waals surface area contributed by atoms with Crippen molar-refractivity contribution in [2.75, 3.05) is 0 Å². The number of amides is 2. The van der Waals surface area contributed by atoms with Gasteiger partial charge in [-0.3, -0.25) is 0 Å². The minimum Gasteiger partial charge on any atom is -0.480 e. The van der Waals surface area contributed by atoms with Crippen LogP contribution in [0.5, 0.6) is 0 Å². The first-order chi connectivity index (χ1) is 9.61. The molecular formula is C15H21ClN2O3. The zero-order valence-electron chi connectivity index (χ0n) is 12.6. The molecule has 2 amide bonds. The highest BCUT2D eigenvalue weighted by atomic mass is 35.5. The van der Waals surface area contributed by atoms with Crippen LogP contribution in [0.25, 0.3) is 0 Å². The van der Waals surface area contributed by atoms with E-state index in [0.717, 1.165) is 5.56 Å². The number of urea groups is 1. The zero-order valence-corrected chi connectivity index (χ0v) is 13.4. The summed E-state index contributed by atoms with van der Waals surface area (Å²) in [4.78, 5) is 23.2. The van der Waals surface area contributed by atoms with Gasteiger partial charge in [0.15, 0.2) is 0 Å². The summed E-state index contributed by atoms with van der Waals surface area (Å²) < 4.78 is 0. The normalized spacial score (nSPS) is 14.1. The molecule has 21 heavy (non-hydrogen) atoms. The fourth-order valence-corrected chi connectivity index (χ4v) is 1.98. The van der Waals surface area contributed by atoms with Crippen LogP contribution in [0.4, 0.5) is 4.79 Å². The van der Waals surface area contributed by atoms with Crippen molar-refractivity contribution >= 4 is 23.6 Å². The average molecular weight is 313 g/mol. The van der Waals surface area contributed by atoms with Crippen molar-refractivity contribution in [1.29, 1.82) is 0 Å². The number of carbonyl (C=O) groups excluding carboxylic acids is 1. The van der Waals surface area contributed by atoms with Gasteiger partial charge in [0.25, 0.3) is 0 Å². The van der Waals surface area contributed by atoms with Crippen molar-refractivity contribution < 1.29 is 14.7 Å². The van der Waals surface area contributed by atoms with Gasteiger partial charge in [0.2, 0.25) is 0 Å². The number of carboxylic acids is 1. The number of benzene rings is 1. The predicted octanol–water partition coefficient (Wildman–Crippen LogP) is 3.20. The first kappa shape index (κ1) is 17.3. The summed E-state index contributed by atoms with van der Waals surface area (Å²) >= 11 is 5.81. The second-order valence-electron chi connectivity index (χ2n) is 6.03. The van der Waals surface area contributed by atoms with Crippen molar-refractivity contribution in [3.63, 3.8) is 0 Å². The van der Waals surface area contributed by atoms with Gasteiger partial charge in [0.05, 0.1) is 6.04 Å². The van der Waals surface area contributed by atoms with Crippen molar-refractivity contribution in [3.05, 3.63) is 34.9 Å². The van der Waals surface area contributed by atoms with Gasteiger partial charge < -0.3 is 15.7 Å². The molecule has 0 aliphatic heterocycles. The molecule has 0 aliphatic rings. The van der Waals surface area contributed by atoms with Crippen molar-refractivity contribution in [2.24, 2.45) is 5.41 Å². The monoisotopic (exact) mass is 312 g/mol. The Morgan fingerprint density at radius 3 is 2.10 bits per heavy atom. The molecule has 0 saturated heterocycles. The summed E-state index contributed by atoms with van der Waals surface area (Å²) in [6.45, 7) is 7.09. The molecule has 0 aromatic heterocycles. The maximum Gasteiger partial charge on any atom is 0.326 e. The average Bonchev–Trinajstić information content (AvgIpc) is 2.35. The van der Waals surface area contributed by atoms with Crippen LogP contribution < -0.4 is 10.6 Å². The van der Waals surface area contributed by atoms with E-state index >= 15 is 0 Å². The number of rotatable bonds is 4. The molecule has 0 spiro atoms. The van der Waals surface area contributed by atoms with Gasteiger partial charge in [0, 0.05) is 5.02 Å². The third kappa shape index (κ3) is 5.27. The number of carbonyl (C=O) groups is 2. The second-order valence-corrected chi connectivity index (χ2v) is 6.46. The lowest BCUT2D eigenvalue weighted by molar-refractivity contribution is -0.141. The fraction of sp³-hybridized carbons (Fsp3) is 0.467. The smallest absolute Gasteiger partial charge is 0.326 e. The third-order valence-corrected chi connectivity index (χ3v) is 3.36. The van der Waals surface area contributed by atoms with Gasteiger partial charge >= 0.3 is 12.0 Å². The van der Waals surface area contributed by atoms with Crippen molar-refractivity contribution in [1.82, 2.24) is 10.6 Å². The Bertz CT molecular complexity index is 509. The highest BCUT2D eigenvalue weighted by Gasteiger charge is 2.32. The van der Waals surface area contributed by atoms with E-state index in [2.05, 4.69) is 10.6 Å². The number of halogens is 1. The molecule has 0 fully saturated rings. The van der Waals surface area contributed by atoms with E-state index in [9.17, 15) is 14.7 Å². The lowest BCUT2D eigenvalue weighted by Gasteiger charge is -2.28. The minimum atomic E-state index is -1.06. The van der Waals surface area contributed by atoms with E-state index in [1.807, 2.05) is 19.1 Å². The van der Waals surface area contributed by atoms with Gasteiger partial charge in [0.1, 0.15) is 6.04 Å². The van der Waals surface area contributed by atoms with Crippen LogP contribution in [-0.2, 0) is 4.79 Å². The van der Waals surface area contributed by atoms with Crippen LogP contribution in [0, 0.1) is 5.41 Å². The molecule has 5 nitrogen and oxygen atoms in total. The number of aliphatic carboxylic acids is 1. The number of carboxylic acid groups (broad SMARTS) is 1. The van der Waals surface area contributed by atoms with Gasteiger partial charge in [-0.2, -0.15) is 0 Å². The lowest BCUT2D eigenvalue weighted by Crippen LogP contribution is -2.52. The summed E-state index contributed by atoms with van der Waals surface area (Å²) in [7, 11) is 0. The SMILES string of the molecule is CC(NC(=O)N[C@H](C(=O)O)C(C)(C)C)c1ccc(Cl)cc1. The molecule has 1 aromatic rings. The maximum atomic E-state index is 11.9. The molecule has 6 heteroatoms. The minimum absolute atomic E-state index is 0.253. The van der Waals surface area contributed by atoms with E-state index in [1.165, 1.54) is 0 Å². The van der Waals surface area contributed by atoms with E-state index in [1.54, 1.807) is 32.9 Å². The number of hydrogen-bond acceptors (Lipinski definition) is 2. The molecule has 0 bridgehead atoms. The lowest BCUT2D eigenvalue weighted by atomic mass is 9.87. The molecule has 116 valence electrons. The van der Waals surface area contributed by atoms with Crippen molar-refractivity contribution in [2.45, 2.75) is 39.8 Å². The second kappa shape index (κ2) is 6.80. The molecule has 1 rings (SSSR count). The van der Waals surface area contributed by atoms with Gasteiger partial charge in [-0.05, 0) is 30.0 Å². The standard InChI is InChI=1S/C15H21ClN2O3/c1-9(10-5-7-11(16)8-6-10)17-14(21)18-12(13(19)20)15(2,3)4/h5-9,12H,1-4H3,(H,19,20)(H2,17,18,21)/t9?,12-/m1/s1. The highest BCUT2D eigenvalue weighted by molar-refractivity contribution is 6.30. The Hall–Kier alpha value is -1.75. The molecule has 1 aromatic carbocycles. The number of nitrogens with one attached hydrogen (secondary N) is 2. The number of hydrogen-bond donors (Lipinski definition) is 3. The van der Waals surface area contributed by atoms with Crippen LogP contribution in [0.15, 0.2) is 24.3 Å². The van der Waals surface area contributed by atoms with Gasteiger partial charge in [-0.1, -0.05) is 44.5 Å². The van der Waals surface area contributed by atoms with E-state index < -0.39 is 23.5 Å². The Balaban J connectivity index is 2.68. The Morgan fingerprint density at radius 1 is 1.14 bits per heavy atom. The molecular weight excluding hydrogens is 292 g/mol. The highest BCUT2D eigenvalue weighted by Crippen LogP contribution is 2.20. The molecule has 1 unspecified atom stereocenters. The largest absolute Gasteiger partial charge is 0.480 e. The Kier molecular flexibility index (Phi) is 5.61. The molecule has 2 atom stereocenters. The maximum absolute atomic E-state index is 11.9. The zero-order chi connectivity index (χ0) is 16.2. The Labute approximate surface area is 129 Å². The Morgan fingerprint density at radius 2 is 1.67 bits per heavy atom. The molecule has 0 saturated carbocycles. The van der Waals surface area contributed by atoms with Gasteiger partial charge in [-0.15, -0.1) is 0 Å². The van der Waals surface area contributed by atoms with Crippen molar-refractivity contribution in [3.8, 4) is 0 Å². The summed E-state index contributed by atoms with van der Waals surface area (Å²) in [5.41, 5.74) is 0.310. The molecule has 0 aliphatic carbocycles. The molecule has 0 radical (unpaired) electrons. The summed E-state index contributed by atoms with van der Waals surface area (Å²) in [6, 6.07) is 5.37. The quantitative estimate of drug-likeness (QED) is 0.799. The first-order valence-electron chi connectivity index (χ1n) is 6.66. The van der Waals surface area contributed by atoms with E-state index in [0.29, 0.717) is 5.02 Å². The fourth-order valence-electron chi connectivity index (χ4n) is 1.85. The summed E-state index contributed by atoms with van der Waals surface area (Å²) in [5, 5.41) is 15.0. The first-order valence-corrected chi connectivity index (χ1v) is 7.04. The predicted molar refractivity (Wildman–Crippen MR) is 82.4 cm³/mol. The molecule has 3 N–H and O–H groups in total. The third-order valence-electron chi connectivity index (χ3n) is 3.11. The van der Waals surface area contributed by atoms with Crippen LogP contribution in [0.1, 0.15) is 39.3 Å². The van der Waals surface area contributed by atoms with Gasteiger partial charge in [-0.25, -0.2) is 9.59 Å². The van der Waals surface area contributed by atoms with E-state index in [4.69, 9.17) is 11.6 Å². The van der Waals surface area contributed by atoms with Crippen LogP contribution in [0.2, 0.25) is 5.02 Å². The van der Waals surface area contributed by atoms with E-state index in [-0.39, 0.29) is 6.04 Å².